The van der Waals surface area contributed by atoms with Crippen LogP contribution >= 0.6 is 0 Å². The van der Waals surface area contributed by atoms with Crippen LogP contribution in [-0.2, 0) is 6.42 Å². The summed E-state index contributed by atoms with van der Waals surface area (Å²) in [5.41, 5.74) is 3.45. The quantitative estimate of drug-likeness (QED) is 0.530. The van der Waals surface area contributed by atoms with Crippen molar-refractivity contribution >= 4 is 19.0 Å². The zero-order chi connectivity index (χ0) is 7.84. The van der Waals surface area contributed by atoms with Gasteiger partial charge in [0.15, 0.2) is 0 Å². The van der Waals surface area contributed by atoms with Crippen molar-refractivity contribution in [3.63, 3.8) is 0 Å². The first kappa shape index (κ1) is 6.77. The fraction of sp³-hybridized carbons (Fsp3) is 0.333. The standard InChI is InChI=1S/C9H10BN/c1-6-4-7-5-8(10)2-3-9(7)11-6/h2-3,5-6,11H,4H2,1H3. The molecule has 0 aromatic heterocycles. The first-order chi connectivity index (χ1) is 5.25. The predicted octanol–water partition coefficient (Wildman–Crippen LogP) is 0.837. The lowest BCUT2D eigenvalue weighted by molar-refractivity contribution is 0.839. The number of benzene rings is 1. The minimum absolute atomic E-state index is 0.562. The Morgan fingerprint density at radius 1 is 1.55 bits per heavy atom. The maximum absolute atomic E-state index is 5.65. The fourth-order valence-corrected chi connectivity index (χ4v) is 1.57. The molecule has 1 aliphatic heterocycles. The molecule has 2 rings (SSSR count). The maximum atomic E-state index is 5.65. The number of fused-ring (bicyclic) bond motifs is 1. The molecule has 11 heavy (non-hydrogen) atoms. The Labute approximate surface area is 68.2 Å². The molecule has 1 unspecified atom stereocenters. The van der Waals surface area contributed by atoms with Crippen molar-refractivity contribution in [2.75, 3.05) is 5.32 Å². The molecule has 0 bridgehead atoms. The largest absolute Gasteiger partial charge is 0.382 e. The van der Waals surface area contributed by atoms with E-state index in [0.717, 1.165) is 11.9 Å². The molecule has 0 amide bonds. The van der Waals surface area contributed by atoms with E-state index in [1.807, 2.05) is 18.2 Å². The molecule has 0 saturated heterocycles. The average Bonchev–Trinajstić information content (AvgIpc) is 2.27. The van der Waals surface area contributed by atoms with E-state index in [2.05, 4.69) is 12.2 Å². The van der Waals surface area contributed by atoms with Gasteiger partial charge in [-0.25, -0.2) is 0 Å². The lowest BCUT2D eigenvalue weighted by Crippen LogP contribution is -2.08. The lowest BCUT2D eigenvalue weighted by atomic mass is 9.93. The molecule has 1 atom stereocenters. The smallest absolute Gasteiger partial charge is 0.113 e. The van der Waals surface area contributed by atoms with Gasteiger partial charge >= 0.3 is 0 Å². The number of hydrogen-bond acceptors (Lipinski definition) is 1. The first-order valence-corrected chi connectivity index (χ1v) is 3.90. The molecule has 0 spiro atoms. The van der Waals surface area contributed by atoms with Gasteiger partial charge < -0.3 is 5.32 Å². The number of nitrogens with one attached hydrogen (secondary N) is 1. The Morgan fingerprint density at radius 3 is 3.18 bits per heavy atom. The van der Waals surface area contributed by atoms with Gasteiger partial charge in [0.25, 0.3) is 0 Å². The van der Waals surface area contributed by atoms with Crippen LogP contribution in [-0.4, -0.2) is 13.9 Å². The average molecular weight is 143 g/mol. The summed E-state index contributed by atoms with van der Waals surface area (Å²) < 4.78 is 0. The Bertz CT molecular complexity index is 283. The molecule has 0 aliphatic carbocycles. The molecule has 1 aromatic carbocycles. The molecule has 1 nitrogen and oxygen atoms in total. The molecule has 2 radical (unpaired) electrons. The van der Waals surface area contributed by atoms with E-state index in [9.17, 15) is 0 Å². The Kier molecular flexibility index (Phi) is 1.41. The minimum atomic E-state index is 0.562. The van der Waals surface area contributed by atoms with E-state index in [1.165, 1.54) is 11.3 Å². The van der Waals surface area contributed by atoms with Crippen molar-refractivity contribution < 1.29 is 0 Å². The Balaban J connectivity index is 2.43. The second-order valence-electron chi connectivity index (χ2n) is 3.17. The van der Waals surface area contributed by atoms with Gasteiger partial charge in [-0.3, -0.25) is 0 Å². The van der Waals surface area contributed by atoms with Crippen molar-refractivity contribution in [2.24, 2.45) is 0 Å². The predicted molar refractivity (Wildman–Crippen MR) is 48.6 cm³/mol. The molecule has 1 aliphatic rings. The molecule has 1 aromatic rings. The third-order valence-electron chi connectivity index (χ3n) is 2.06. The topological polar surface area (TPSA) is 12.0 Å². The van der Waals surface area contributed by atoms with Crippen LogP contribution in [0.3, 0.4) is 0 Å². The van der Waals surface area contributed by atoms with Crippen LogP contribution in [0.4, 0.5) is 5.69 Å². The van der Waals surface area contributed by atoms with Crippen LogP contribution in [0.5, 0.6) is 0 Å². The zero-order valence-electron chi connectivity index (χ0n) is 6.59. The summed E-state index contributed by atoms with van der Waals surface area (Å²) in [6.45, 7) is 2.18. The van der Waals surface area contributed by atoms with E-state index in [4.69, 9.17) is 7.85 Å². The van der Waals surface area contributed by atoms with Crippen molar-refractivity contribution in [2.45, 2.75) is 19.4 Å². The van der Waals surface area contributed by atoms with Crippen LogP contribution in [0.1, 0.15) is 12.5 Å². The van der Waals surface area contributed by atoms with Gasteiger partial charge in [0.2, 0.25) is 0 Å². The molecule has 0 fully saturated rings. The molecule has 1 N–H and O–H groups in total. The van der Waals surface area contributed by atoms with Crippen molar-refractivity contribution in [1.29, 1.82) is 0 Å². The number of anilines is 1. The van der Waals surface area contributed by atoms with E-state index in [0.29, 0.717) is 6.04 Å². The first-order valence-electron chi connectivity index (χ1n) is 3.90. The third-order valence-corrected chi connectivity index (χ3v) is 2.06. The van der Waals surface area contributed by atoms with Gasteiger partial charge in [0, 0.05) is 11.7 Å². The Morgan fingerprint density at radius 2 is 2.36 bits per heavy atom. The summed E-state index contributed by atoms with van der Waals surface area (Å²) in [5.74, 6) is 0. The summed E-state index contributed by atoms with van der Waals surface area (Å²) in [4.78, 5) is 0. The summed E-state index contributed by atoms with van der Waals surface area (Å²) in [6.07, 6.45) is 1.10. The molecule has 54 valence electrons. The van der Waals surface area contributed by atoms with Crippen LogP contribution < -0.4 is 10.8 Å². The molecule has 1 heterocycles. The molecule has 0 saturated carbocycles. The maximum Gasteiger partial charge on any atom is 0.113 e. The minimum Gasteiger partial charge on any atom is -0.382 e. The van der Waals surface area contributed by atoms with E-state index >= 15 is 0 Å². The van der Waals surface area contributed by atoms with E-state index in [-0.39, 0.29) is 0 Å². The summed E-state index contributed by atoms with van der Waals surface area (Å²) >= 11 is 0. The zero-order valence-corrected chi connectivity index (χ0v) is 6.59. The summed E-state index contributed by atoms with van der Waals surface area (Å²) in [7, 11) is 5.65. The van der Waals surface area contributed by atoms with Crippen LogP contribution in [0, 0.1) is 0 Å². The SMILES string of the molecule is [B]c1ccc2c(c1)CC(C)N2. The van der Waals surface area contributed by atoms with Crippen molar-refractivity contribution in [3.05, 3.63) is 23.8 Å². The third kappa shape index (κ3) is 1.13. The van der Waals surface area contributed by atoms with Crippen molar-refractivity contribution in [1.82, 2.24) is 0 Å². The van der Waals surface area contributed by atoms with E-state index in [1.54, 1.807) is 0 Å². The second-order valence-corrected chi connectivity index (χ2v) is 3.17. The normalized spacial score (nSPS) is 21.0. The highest BCUT2D eigenvalue weighted by Gasteiger charge is 2.15. The highest BCUT2D eigenvalue weighted by molar-refractivity contribution is 6.32. The van der Waals surface area contributed by atoms with Gasteiger partial charge in [-0.1, -0.05) is 17.6 Å². The fourth-order valence-electron chi connectivity index (χ4n) is 1.57. The number of rotatable bonds is 0. The summed E-state index contributed by atoms with van der Waals surface area (Å²) in [5, 5.41) is 3.37. The monoisotopic (exact) mass is 143 g/mol. The van der Waals surface area contributed by atoms with Gasteiger partial charge in [-0.15, -0.1) is 0 Å². The molecular formula is C9H10BN. The van der Waals surface area contributed by atoms with Gasteiger partial charge in [0.05, 0.1) is 0 Å². The van der Waals surface area contributed by atoms with Crippen molar-refractivity contribution in [3.8, 4) is 0 Å². The highest BCUT2D eigenvalue weighted by atomic mass is 14.9. The van der Waals surface area contributed by atoms with Crippen LogP contribution in [0.15, 0.2) is 18.2 Å². The van der Waals surface area contributed by atoms with Crippen LogP contribution in [0.25, 0.3) is 0 Å². The second kappa shape index (κ2) is 2.30. The molecular weight excluding hydrogens is 133 g/mol. The van der Waals surface area contributed by atoms with Gasteiger partial charge in [-0.2, -0.15) is 0 Å². The highest BCUT2D eigenvalue weighted by Crippen LogP contribution is 2.23. The summed E-state index contributed by atoms with van der Waals surface area (Å²) in [6, 6.07) is 6.59. The van der Waals surface area contributed by atoms with Gasteiger partial charge in [-0.05, 0) is 25.0 Å². The Hall–Kier alpha value is -0.915. The van der Waals surface area contributed by atoms with E-state index < -0.39 is 0 Å². The lowest BCUT2D eigenvalue weighted by Gasteiger charge is -2.01. The number of hydrogen-bond donors (Lipinski definition) is 1. The van der Waals surface area contributed by atoms with Crippen LogP contribution in [0.2, 0.25) is 0 Å². The van der Waals surface area contributed by atoms with Gasteiger partial charge in [0.1, 0.15) is 7.85 Å². The molecule has 2 heteroatoms.